The van der Waals surface area contributed by atoms with Gasteiger partial charge in [0.2, 0.25) is 0 Å². The van der Waals surface area contributed by atoms with Crippen LogP contribution in [0.5, 0.6) is 11.5 Å². The second-order valence-electron chi connectivity index (χ2n) is 20.9. The van der Waals surface area contributed by atoms with Crippen molar-refractivity contribution >= 4 is 42.8 Å². The standard InChI is InChI=1S/C28H37BrFN3O3.C28H35BrFN3O3/c1-18-13-22-20(10-11-24-23(22)15-33(31-24)26-7-5-6-12-36-26)27(32(18)16-28(2,30)17-34-3)21-9-8-19(29)14-25(21)35-4;1-18-13-22-20(10-11-24-23(22)15-31-33(24)26-7-5-6-12-36-26)27(32(18)16-28(2,30)17-34-3)21-9-8-19(29)14-25(21)35-4/h8-11,14-15,18,24,26-27,31H,5-7,12-13,16-17H2,1-4H3;8-11,14-15,18,26-27H,5-7,12-13,16-17H2,1-4H3/t18-,24?,26?,27+,28?;18-,26?,27+,28?/m11/s1. The molecule has 6 heterocycles. The number of rotatable bonds is 14. The minimum absolute atomic E-state index is 0.0181. The third-order valence-electron chi connectivity index (χ3n) is 15.2. The summed E-state index contributed by atoms with van der Waals surface area (Å²) in [4.78, 5) is 4.53. The molecule has 0 amide bonds. The predicted octanol–water partition coefficient (Wildman–Crippen LogP) is 11.7. The second-order valence-corrected chi connectivity index (χ2v) is 22.7. The Morgan fingerprint density at radius 1 is 0.736 bits per heavy atom. The Kier molecular flexibility index (Phi) is 16.7. The predicted molar refractivity (Wildman–Crippen MR) is 285 cm³/mol. The van der Waals surface area contributed by atoms with Crippen LogP contribution in [-0.4, -0.2) is 128 Å². The highest BCUT2D eigenvalue weighted by molar-refractivity contribution is 9.10. The topological polar surface area (TPSA) is 95.0 Å². The summed E-state index contributed by atoms with van der Waals surface area (Å²) >= 11 is 7.15. The molecule has 0 saturated carbocycles. The van der Waals surface area contributed by atoms with E-state index in [4.69, 9.17) is 33.5 Å². The molecule has 5 unspecified atom stereocenters. The highest BCUT2D eigenvalue weighted by Gasteiger charge is 2.45. The van der Waals surface area contributed by atoms with Crippen molar-refractivity contribution in [2.45, 2.75) is 133 Å². The third-order valence-corrected chi connectivity index (χ3v) is 16.2. The smallest absolute Gasteiger partial charge is 0.150 e. The first-order valence-corrected chi connectivity index (χ1v) is 27.2. The van der Waals surface area contributed by atoms with Crippen molar-refractivity contribution in [2.75, 3.05) is 68.0 Å². The van der Waals surface area contributed by atoms with E-state index < -0.39 is 11.3 Å². The number of benzene rings is 3. The van der Waals surface area contributed by atoms with Gasteiger partial charge in [-0.25, -0.2) is 18.9 Å². The van der Waals surface area contributed by atoms with Crippen molar-refractivity contribution in [1.82, 2.24) is 30.0 Å². The summed E-state index contributed by atoms with van der Waals surface area (Å²) in [6.07, 6.45) is 16.9. The minimum Gasteiger partial charge on any atom is -0.496 e. The van der Waals surface area contributed by atoms with E-state index >= 15 is 8.78 Å². The monoisotopic (exact) mass is 1120 g/mol. The van der Waals surface area contributed by atoms with Crippen molar-refractivity contribution < 1.29 is 37.2 Å². The van der Waals surface area contributed by atoms with Crippen molar-refractivity contribution in [3.05, 3.63) is 121 Å². The van der Waals surface area contributed by atoms with E-state index in [2.05, 4.69) is 109 Å². The van der Waals surface area contributed by atoms with E-state index in [0.29, 0.717) is 0 Å². The molecule has 390 valence electrons. The lowest BCUT2D eigenvalue weighted by atomic mass is 9.77. The van der Waals surface area contributed by atoms with E-state index in [-0.39, 0.29) is 69.0 Å². The van der Waals surface area contributed by atoms with Crippen LogP contribution in [0.1, 0.15) is 113 Å². The summed E-state index contributed by atoms with van der Waals surface area (Å²) in [5.74, 6) is 1.57. The summed E-state index contributed by atoms with van der Waals surface area (Å²) in [6.45, 7) is 9.81. The molecule has 2 fully saturated rings. The maximum Gasteiger partial charge on any atom is 0.150 e. The second kappa shape index (κ2) is 22.6. The first kappa shape index (κ1) is 53.1. The highest BCUT2D eigenvalue weighted by atomic mass is 79.9. The quantitative estimate of drug-likeness (QED) is 0.131. The largest absolute Gasteiger partial charge is 0.496 e. The van der Waals surface area contributed by atoms with Crippen molar-refractivity contribution in [3.8, 4) is 11.5 Å². The van der Waals surface area contributed by atoms with Crippen LogP contribution in [0, 0.1) is 0 Å². The molecule has 0 spiro atoms. The number of hydrogen-bond donors (Lipinski definition) is 1. The summed E-state index contributed by atoms with van der Waals surface area (Å²) in [6, 6.07) is 16.6. The Bertz CT molecular complexity index is 2650. The molecule has 9 atom stereocenters. The molecule has 1 aliphatic carbocycles. The maximum atomic E-state index is 15.6. The van der Waals surface area contributed by atoms with Gasteiger partial charge in [-0.1, -0.05) is 62.2 Å². The number of alkyl halides is 2. The molecular formula is C56H72Br2F2N6O6. The zero-order valence-corrected chi connectivity index (χ0v) is 46.2. The number of methoxy groups -OCH3 is 4. The zero-order chi connectivity index (χ0) is 50.9. The Morgan fingerprint density at radius 3 is 1.89 bits per heavy atom. The van der Waals surface area contributed by atoms with Crippen LogP contribution in [0.15, 0.2) is 98.7 Å². The fourth-order valence-electron chi connectivity index (χ4n) is 12.0. The number of aromatic nitrogens is 2. The van der Waals surface area contributed by atoms with Crippen molar-refractivity contribution in [1.29, 1.82) is 0 Å². The average Bonchev–Trinajstić information content (AvgIpc) is 4.01. The molecule has 3 aromatic carbocycles. The molecule has 16 heteroatoms. The molecule has 4 aromatic rings. The van der Waals surface area contributed by atoms with Gasteiger partial charge in [0.05, 0.1) is 57.3 Å². The molecule has 10 rings (SSSR count). The van der Waals surface area contributed by atoms with Crippen LogP contribution in [-0.2, 0) is 25.4 Å². The number of hydrazine groups is 1. The van der Waals surface area contributed by atoms with Crippen molar-refractivity contribution in [3.63, 3.8) is 0 Å². The SMILES string of the molecule is COCC(C)(F)CN1[C@H](C)CC2=C(C=CC3NN(C4CCCCO4)C=C23)[C@H]1c1ccc(Br)cc1OC.COCC(C)(F)CN1[C@H](c2ccc(Br)cc2OC)c2ccc3c(cnn3C3CCCCO3)c2C[C@H]1C. The van der Waals surface area contributed by atoms with Gasteiger partial charge >= 0.3 is 0 Å². The number of fused-ring (bicyclic) bond motifs is 5. The summed E-state index contributed by atoms with van der Waals surface area (Å²) < 4.78 is 69.3. The highest BCUT2D eigenvalue weighted by Crippen LogP contribution is 2.49. The van der Waals surface area contributed by atoms with Crippen LogP contribution < -0.4 is 14.9 Å². The van der Waals surface area contributed by atoms with Gasteiger partial charge in [-0.3, -0.25) is 14.8 Å². The summed E-state index contributed by atoms with van der Waals surface area (Å²) in [5.41, 5.74) is 10.1. The van der Waals surface area contributed by atoms with Gasteiger partial charge in [-0.15, -0.1) is 0 Å². The number of halogens is 4. The van der Waals surface area contributed by atoms with E-state index in [1.54, 1.807) is 42.3 Å². The normalized spacial score (nSPS) is 27.2. The van der Waals surface area contributed by atoms with Gasteiger partial charge in [-0.2, -0.15) is 5.10 Å². The maximum absolute atomic E-state index is 15.6. The van der Waals surface area contributed by atoms with Crippen LogP contribution in [0.25, 0.3) is 10.9 Å². The Labute approximate surface area is 441 Å². The van der Waals surface area contributed by atoms with Gasteiger partial charge < -0.3 is 28.4 Å². The molecule has 0 bridgehead atoms. The lowest BCUT2D eigenvalue weighted by Crippen LogP contribution is -2.50. The van der Waals surface area contributed by atoms with Crippen LogP contribution in [0.4, 0.5) is 8.78 Å². The third kappa shape index (κ3) is 11.1. The van der Waals surface area contributed by atoms with Crippen molar-refractivity contribution in [2.24, 2.45) is 0 Å². The van der Waals surface area contributed by atoms with Gasteiger partial charge in [0.1, 0.15) is 29.1 Å². The first-order valence-electron chi connectivity index (χ1n) is 25.6. The summed E-state index contributed by atoms with van der Waals surface area (Å²) in [7, 11) is 6.48. The Balaban J connectivity index is 0.000000178. The number of nitrogens with zero attached hydrogens (tertiary/aromatic N) is 5. The molecule has 0 radical (unpaired) electrons. The van der Waals surface area contributed by atoms with E-state index in [9.17, 15) is 0 Å². The number of ether oxygens (including phenoxy) is 6. The molecule has 12 nitrogen and oxygen atoms in total. The van der Waals surface area contributed by atoms with E-state index in [1.165, 1.54) is 34.3 Å². The first-order chi connectivity index (χ1) is 34.6. The zero-order valence-electron chi connectivity index (χ0n) is 43.1. The fraction of sp³-hybridized carbons (Fsp3) is 0.554. The number of nitrogens with one attached hydrogen (secondary N) is 1. The summed E-state index contributed by atoms with van der Waals surface area (Å²) in [5, 5.41) is 8.07. The molecule has 1 N–H and O–H groups in total. The van der Waals surface area contributed by atoms with Crippen LogP contribution in [0.3, 0.4) is 0 Å². The number of hydrogen-bond acceptors (Lipinski definition) is 11. The molecule has 1 aromatic heterocycles. The van der Waals surface area contributed by atoms with Gasteiger partial charge in [-0.05, 0) is 137 Å². The van der Waals surface area contributed by atoms with E-state index in [0.717, 1.165) is 101 Å². The van der Waals surface area contributed by atoms with Crippen LogP contribution in [0.2, 0.25) is 0 Å². The molecule has 5 aliphatic heterocycles. The molecular weight excluding hydrogens is 1050 g/mol. The van der Waals surface area contributed by atoms with Gasteiger partial charge in [0.25, 0.3) is 0 Å². The molecule has 72 heavy (non-hydrogen) atoms. The lowest BCUT2D eigenvalue weighted by Gasteiger charge is -2.46. The minimum atomic E-state index is -1.49. The van der Waals surface area contributed by atoms with Gasteiger partial charge in [0, 0.05) is 84.3 Å². The fourth-order valence-corrected chi connectivity index (χ4v) is 12.6. The van der Waals surface area contributed by atoms with Gasteiger partial charge in [0.15, 0.2) is 6.23 Å². The van der Waals surface area contributed by atoms with Crippen LogP contribution >= 0.6 is 31.9 Å². The lowest BCUT2D eigenvalue weighted by molar-refractivity contribution is -0.0817. The molecule has 2 saturated heterocycles. The average molecular weight is 1120 g/mol. The van der Waals surface area contributed by atoms with E-state index in [1.807, 2.05) is 35.1 Å². The Hall–Kier alpha value is -3.71. The Morgan fingerprint density at radius 2 is 1.31 bits per heavy atom. The molecule has 6 aliphatic rings.